The molecule has 4 rings (SSSR count). The first-order valence-corrected chi connectivity index (χ1v) is 11.6. The van der Waals surface area contributed by atoms with Crippen LogP contribution in [-0.4, -0.2) is 87.2 Å². The van der Waals surface area contributed by atoms with Gasteiger partial charge in [0.15, 0.2) is 11.5 Å². The van der Waals surface area contributed by atoms with Gasteiger partial charge in [-0.3, -0.25) is 9.78 Å². The van der Waals surface area contributed by atoms with Crippen LogP contribution in [0.5, 0.6) is 17.2 Å². The minimum Gasteiger partial charge on any atom is -0.493 e. The molecule has 0 bridgehead atoms. The number of ether oxygens (including phenoxy) is 3. The molecule has 0 aliphatic rings. The van der Waals surface area contributed by atoms with E-state index in [0.29, 0.717) is 45.0 Å². The zero-order chi connectivity index (χ0) is 30.9. The Morgan fingerprint density at radius 2 is 1.79 bits per heavy atom. The predicted octanol–water partition coefficient (Wildman–Crippen LogP) is 2.36. The fourth-order valence-corrected chi connectivity index (χ4v) is 3.45. The third-order valence-corrected chi connectivity index (χ3v) is 5.35. The van der Waals surface area contributed by atoms with E-state index in [4.69, 9.17) is 30.0 Å². The van der Waals surface area contributed by atoms with E-state index in [0.717, 1.165) is 0 Å². The van der Waals surface area contributed by atoms with Crippen molar-refractivity contribution in [2.45, 2.75) is 12.3 Å². The third-order valence-electron chi connectivity index (χ3n) is 5.35. The number of pyridine rings is 1. The number of hydrogen-bond donors (Lipinski definition) is 4. The van der Waals surface area contributed by atoms with Crippen molar-refractivity contribution >= 4 is 22.5 Å². The molecule has 0 aliphatic heterocycles. The van der Waals surface area contributed by atoms with Crippen molar-refractivity contribution in [2.24, 2.45) is 16.2 Å². The predicted molar refractivity (Wildman–Crippen MR) is 137 cm³/mol. The van der Waals surface area contributed by atoms with Crippen molar-refractivity contribution < 1.29 is 47.2 Å². The van der Waals surface area contributed by atoms with Crippen LogP contribution in [0.1, 0.15) is 16.1 Å². The van der Waals surface area contributed by atoms with Gasteiger partial charge in [0, 0.05) is 28.1 Å². The molecule has 0 saturated heterocycles. The first kappa shape index (κ1) is 31.1. The Labute approximate surface area is 234 Å². The molecular formula is C24H23F3N8O7. The number of hydrogen-bond acceptors (Lipinski definition) is 12. The highest BCUT2D eigenvalue weighted by Crippen LogP contribution is 2.37. The Kier molecular flexibility index (Phi) is 10.2. The molecule has 0 amide bonds. The number of aromatic amines is 1. The van der Waals surface area contributed by atoms with Gasteiger partial charge in [-0.2, -0.15) is 23.5 Å². The number of rotatable bonds is 10. The summed E-state index contributed by atoms with van der Waals surface area (Å²) in [6, 6.07) is 9.98. The fraction of sp³-hybridized carbons (Fsp3) is 0.250. The molecule has 2 aromatic carbocycles. The summed E-state index contributed by atoms with van der Waals surface area (Å²) in [4.78, 5) is 26.8. The summed E-state index contributed by atoms with van der Waals surface area (Å²) in [7, 11) is 3.03. The van der Waals surface area contributed by atoms with Crippen molar-refractivity contribution in [1.29, 1.82) is 0 Å². The number of carboxylic acid groups (broad SMARTS) is 1. The van der Waals surface area contributed by atoms with Crippen LogP contribution in [0.3, 0.4) is 0 Å². The monoisotopic (exact) mass is 592 g/mol. The smallest absolute Gasteiger partial charge is 0.490 e. The Hall–Kier alpha value is -5.39. The van der Waals surface area contributed by atoms with E-state index in [9.17, 15) is 23.1 Å². The fourth-order valence-electron chi connectivity index (χ4n) is 3.45. The quantitative estimate of drug-likeness (QED) is 0.0902. The molecule has 0 radical (unpaired) electrons. The van der Waals surface area contributed by atoms with Gasteiger partial charge in [-0.25, -0.2) is 4.79 Å². The van der Waals surface area contributed by atoms with Crippen molar-refractivity contribution in [1.82, 2.24) is 25.6 Å². The molecule has 1 atom stereocenters. The number of aliphatic hydroxyl groups excluding tert-OH is 1. The van der Waals surface area contributed by atoms with E-state index in [1.807, 2.05) is 0 Å². The summed E-state index contributed by atoms with van der Waals surface area (Å²) < 4.78 is 48.2. The third kappa shape index (κ3) is 7.62. The number of carbonyl (C=O) groups is 2. The molecule has 1 unspecified atom stereocenters. The Morgan fingerprint density at radius 1 is 1.12 bits per heavy atom. The molecule has 18 heteroatoms. The molecule has 5 N–H and O–H groups in total. The molecule has 2 aromatic heterocycles. The van der Waals surface area contributed by atoms with Crippen molar-refractivity contribution in [3.63, 3.8) is 0 Å². The average Bonchev–Trinajstić information content (AvgIpc) is 3.52. The Bertz CT molecular complexity index is 1570. The topological polar surface area (TPSA) is 220 Å². The van der Waals surface area contributed by atoms with Gasteiger partial charge in [0.05, 0.1) is 20.8 Å². The van der Waals surface area contributed by atoms with E-state index in [2.05, 4.69) is 35.9 Å². The number of nitrogens with zero attached hydrogens (tertiary/aromatic N) is 6. The van der Waals surface area contributed by atoms with Gasteiger partial charge in [-0.15, -0.1) is 10.2 Å². The highest BCUT2D eigenvalue weighted by molar-refractivity contribution is 6.17. The lowest BCUT2D eigenvalue weighted by Gasteiger charge is -2.14. The number of nitrogens with two attached hydrogens (primary N) is 1. The summed E-state index contributed by atoms with van der Waals surface area (Å²) in [5.74, 6) is 3.45. The zero-order valence-electron chi connectivity index (χ0n) is 21.9. The maximum Gasteiger partial charge on any atom is 0.490 e. The SMILES string of the molecule is COc1cc2c(-c3nn[nH]n3)cnc(C(=O)c3cccc(OCC(O)CN=NN)c3)c2cc1OC.O=C(O)C(F)(F)F. The van der Waals surface area contributed by atoms with Gasteiger partial charge >= 0.3 is 12.1 Å². The number of benzene rings is 2. The Balaban J connectivity index is 0.000000616. The number of aromatic nitrogens is 5. The zero-order valence-corrected chi connectivity index (χ0v) is 21.9. The van der Waals surface area contributed by atoms with Crippen LogP contribution in [0.15, 0.2) is 52.9 Å². The number of halogens is 3. The molecule has 4 aromatic rings. The molecule has 222 valence electrons. The number of ketones is 1. The average molecular weight is 592 g/mol. The number of aliphatic carboxylic acids is 1. The number of tetrazole rings is 1. The molecule has 0 saturated carbocycles. The molecule has 2 heterocycles. The molecule has 0 aliphatic carbocycles. The number of carboxylic acids is 1. The second-order valence-corrected chi connectivity index (χ2v) is 8.07. The first-order valence-electron chi connectivity index (χ1n) is 11.6. The summed E-state index contributed by atoms with van der Waals surface area (Å²) in [5.41, 5.74) is 1.09. The minimum atomic E-state index is -5.08. The van der Waals surface area contributed by atoms with Gasteiger partial charge in [-0.05, 0) is 29.5 Å². The van der Waals surface area contributed by atoms with Crippen LogP contribution in [0.2, 0.25) is 0 Å². The van der Waals surface area contributed by atoms with Gasteiger partial charge in [0.25, 0.3) is 0 Å². The number of nitrogens with one attached hydrogen (secondary N) is 1. The van der Waals surface area contributed by atoms with E-state index in [1.165, 1.54) is 20.4 Å². The van der Waals surface area contributed by atoms with Gasteiger partial charge in [0.2, 0.25) is 11.6 Å². The Morgan fingerprint density at radius 3 is 2.36 bits per heavy atom. The van der Waals surface area contributed by atoms with E-state index >= 15 is 0 Å². The summed E-state index contributed by atoms with van der Waals surface area (Å²) in [6.45, 7) is -0.0444. The summed E-state index contributed by atoms with van der Waals surface area (Å²) in [6.07, 6.45) is -4.47. The van der Waals surface area contributed by atoms with Gasteiger partial charge < -0.3 is 30.3 Å². The lowest BCUT2D eigenvalue weighted by atomic mass is 9.98. The molecule has 0 spiro atoms. The largest absolute Gasteiger partial charge is 0.493 e. The normalized spacial score (nSPS) is 12.0. The summed E-state index contributed by atoms with van der Waals surface area (Å²) in [5, 5.41) is 38.8. The van der Waals surface area contributed by atoms with E-state index < -0.39 is 18.2 Å². The highest BCUT2D eigenvalue weighted by Gasteiger charge is 2.38. The number of H-pyrrole nitrogens is 1. The van der Waals surface area contributed by atoms with Crippen LogP contribution < -0.4 is 20.1 Å². The molecule has 15 nitrogen and oxygen atoms in total. The second kappa shape index (κ2) is 13.8. The second-order valence-electron chi connectivity index (χ2n) is 8.07. The van der Waals surface area contributed by atoms with Crippen LogP contribution in [-0.2, 0) is 4.79 Å². The number of carbonyl (C=O) groups excluding carboxylic acids is 1. The van der Waals surface area contributed by atoms with Crippen molar-refractivity contribution in [2.75, 3.05) is 27.4 Å². The molecular weight excluding hydrogens is 569 g/mol. The first-order chi connectivity index (χ1) is 20.0. The maximum atomic E-state index is 13.5. The van der Waals surface area contributed by atoms with Gasteiger partial charge in [0.1, 0.15) is 24.2 Å². The maximum absolute atomic E-state index is 13.5. The lowest BCUT2D eigenvalue weighted by molar-refractivity contribution is -0.192. The number of alkyl halides is 3. The van der Waals surface area contributed by atoms with E-state index in [-0.39, 0.29) is 24.6 Å². The molecule has 42 heavy (non-hydrogen) atoms. The number of methoxy groups -OCH3 is 2. The van der Waals surface area contributed by atoms with Crippen LogP contribution in [0.25, 0.3) is 22.2 Å². The van der Waals surface area contributed by atoms with Crippen molar-refractivity contribution in [3.05, 3.63) is 53.9 Å². The summed E-state index contributed by atoms with van der Waals surface area (Å²) >= 11 is 0. The van der Waals surface area contributed by atoms with Gasteiger partial charge in [-0.1, -0.05) is 17.4 Å². The van der Waals surface area contributed by atoms with E-state index in [1.54, 1.807) is 36.4 Å². The van der Waals surface area contributed by atoms with Crippen LogP contribution >= 0.6 is 0 Å². The lowest BCUT2D eigenvalue weighted by Crippen LogP contribution is -2.21. The number of fused-ring (bicyclic) bond motifs is 1. The van der Waals surface area contributed by atoms with Crippen LogP contribution in [0, 0.1) is 0 Å². The standard InChI is InChI=1S/C22H22N8O5.C2HF3O2/c1-33-18-7-15-16(8-19(18)34-2)20(24-10-17(15)22-26-29-30-27-22)21(32)12-4-3-5-14(6-12)35-11-13(31)9-25-28-23;3-2(4,5)1(6)7/h3-8,10,13,31H,9,11H2,1-2H3,(H2,23,25)(H,26,27,29,30);(H,6,7). The van der Waals surface area contributed by atoms with Crippen molar-refractivity contribution in [3.8, 4) is 28.6 Å². The van der Waals surface area contributed by atoms with Crippen LogP contribution in [0.4, 0.5) is 13.2 Å². The minimum absolute atomic E-state index is 0.00303. The number of aliphatic hydroxyl groups is 1. The molecule has 0 fully saturated rings. The highest BCUT2D eigenvalue weighted by atomic mass is 19.4.